The normalized spacial score (nSPS) is 15.5. The molecule has 1 aliphatic carbocycles. The Kier molecular flexibility index (Phi) is 3.94. The van der Waals surface area contributed by atoms with Gasteiger partial charge in [-0.3, -0.25) is 14.8 Å². The summed E-state index contributed by atoms with van der Waals surface area (Å²) in [5.41, 5.74) is 2.04. The second kappa shape index (κ2) is 6.39. The molecule has 0 atom stereocenters. The van der Waals surface area contributed by atoms with E-state index < -0.39 is 0 Å². The van der Waals surface area contributed by atoms with Gasteiger partial charge in [-0.1, -0.05) is 19.3 Å². The van der Waals surface area contributed by atoms with E-state index in [0.717, 1.165) is 24.0 Å². The molecule has 0 unspecified atom stereocenters. The highest BCUT2D eigenvalue weighted by Gasteiger charge is 2.16. The van der Waals surface area contributed by atoms with Crippen LogP contribution >= 0.6 is 0 Å². The van der Waals surface area contributed by atoms with E-state index >= 15 is 0 Å². The van der Waals surface area contributed by atoms with Crippen molar-refractivity contribution in [2.24, 2.45) is 0 Å². The van der Waals surface area contributed by atoms with Gasteiger partial charge in [-0.25, -0.2) is 4.98 Å². The molecule has 1 fully saturated rings. The molecule has 6 heteroatoms. The minimum Gasteiger partial charge on any atom is -0.353 e. The van der Waals surface area contributed by atoms with Gasteiger partial charge in [-0.2, -0.15) is 4.98 Å². The summed E-state index contributed by atoms with van der Waals surface area (Å²) in [5, 5.41) is 3.87. The van der Waals surface area contributed by atoms with E-state index in [1.165, 1.54) is 19.3 Å². The summed E-state index contributed by atoms with van der Waals surface area (Å²) >= 11 is 0. The lowest BCUT2D eigenvalue weighted by Gasteiger charge is -2.22. The fourth-order valence-corrected chi connectivity index (χ4v) is 3.34. The van der Waals surface area contributed by atoms with Crippen molar-refractivity contribution >= 4 is 17.0 Å². The fraction of sp³-hybridized carbons (Fsp3) is 0.333. The van der Waals surface area contributed by atoms with Gasteiger partial charge in [-0.05, 0) is 42.2 Å². The van der Waals surface area contributed by atoms with Gasteiger partial charge in [0.05, 0.1) is 5.39 Å². The minimum atomic E-state index is -0.168. The highest BCUT2D eigenvalue weighted by Crippen LogP contribution is 2.24. The summed E-state index contributed by atoms with van der Waals surface area (Å²) in [7, 11) is 0. The Balaban J connectivity index is 1.75. The maximum Gasteiger partial charge on any atom is 0.262 e. The number of fused-ring (bicyclic) bond motifs is 1. The predicted molar refractivity (Wildman–Crippen MR) is 93.9 cm³/mol. The standard InChI is InChI=1S/C18H19N5O/c24-17-15-14(12-6-9-19-10-7-12)8-11-20-16(15)22-18(23-17)21-13-4-2-1-3-5-13/h6-11,13H,1-5H2,(H2,20,21,22,23,24). The van der Waals surface area contributed by atoms with Gasteiger partial charge < -0.3 is 5.32 Å². The Morgan fingerprint density at radius 1 is 1.04 bits per heavy atom. The van der Waals surface area contributed by atoms with E-state index in [9.17, 15) is 4.79 Å². The third-order valence-electron chi connectivity index (χ3n) is 4.55. The van der Waals surface area contributed by atoms with Crippen molar-refractivity contribution in [3.8, 4) is 11.1 Å². The van der Waals surface area contributed by atoms with Crippen LogP contribution in [0.2, 0.25) is 0 Å². The van der Waals surface area contributed by atoms with Crippen molar-refractivity contribution < 1.29 is 0 Å². The zero-order valence-electron chi connectivity index (χ0n) is 13.3. The van der Waals surface area contributed by atoms with E-state index in [1.807, 2.05) is 18.2 Å². The van der Waals surface area contributed by atoms with Gasteiger partial charge in [0.1, 0.15) is 0 Å². The first-order chi connectivity index (χ1) is 11.8. The molecule has 122 valence electrons. The van der Waals surface area contributed by atoms with Crippen LogP contribution in [0, 0.1) is 0 Å². The maximum absolute atomic E-state index is 12.6. The third kappa shape index (κ3) is 2.87. The summed E-state index contributed by atoms with van der Waals surface area (Å²) in [6.45, 7) is 0. The molecule has 3 aromatic rings. The number of aromatic nitrogens is 4. The number of hydrogen-bond acceptors (Lipinski definition) is 5. The number of hydrogen-bond donors (Lipinski definition) is 2. The first kappa shape index (κ1) is 14.8. The quantitative estimate of drug-likeness (QED) is 0.774. The molecule has 3 heterocycles. The summed E-state index contributed by atoms with van der Waals surface area (Å²) in [4.78, 5) is 28.4. The Labute approximate surface area is 139 Å². The van der Waals surface area contributed by atoms with Crippen LogP contribution in [0.25, 0.3) is 22.2 Å². The third-order valence-corrected chi connectivity index (χ3v) is 4.55. The van der Waals surface area contributed by atoms with Crippen LogP contribution < -0.4 is 10.9 Å². The summed E-state index contributed by atoms with van der Waals surface area (Å²) in [5.74, 6) is 0.513. The van der Waals surface area contributed by atoms with Crippen LogP contribution in [0.1, 0.15) is 32.1 Å². The largest absolute Gasteiger partial charge is 0.353 e. The van der Waals surface area contributed by atoms with Crippen molar-refractivity contribution in [3.63, 3.8) is 0 Å². The van der Waals surface area contributed by atoms with Gasteiger partial charge in [0.25, 0.3) is 5.56 Å². The number of nitrogens with one attached hydrogen (secondary N) is 2. The lowest BCUT2D eigenvalue weighted by Crippen LogP contribution is -2.25. The maximum atomic E-state index is 12.6. The Hall–Kier alpha value is -2.76. The van der Waals surface area contributed by atoms with Crippen molar-refractivity contribution in [1.82, 2.24) is 19.9 Å². The number of anilines is 1. The lowest BCUT2D eigenvalue weighted by molar-refractivity contribution is 0.461. The molecule has 0 aromatic carbocycles. The molecule has 0 saturated heterocycles. The minimum absolute atomic E-state index is 0.168. The molecule has 0 spiro atoms. The molecule has 3 aromatic heterocycles. The van der Waals surface area contributed by atoms with E-state index in [0.29, 0.717) is 23.0 Å². The molecule has 1 aliphatic rings. The highest BCUT2D eigenvalue weighted by atomic mass is 16.1. The number of aromatic amines is 1. The van der Waals surface area contributed by atoms with Crippen molar-refractivity contribution in [2.75, 3.05) is 5.32 Å². The molecule has 4 rings (SSSR count). The van der Waals surface area contributed by atoms with Crippen molar-refractivity contribution in [1.29, 1.82) is 0 Å². The summed E-state index contributed by atoms with van der Waals surface area (Å²) < 4.78 is 0. The van der Waals surface area contributed by atoms with Crippen molar-refractivity contribution in [3.05, 3.63) is 47.1 Å². The molecular weight excluding hydrogens is 302 g/mol. The molecule has 0 radical (unpaired) electrons. The van der Waals surface area contributed by atoms with E-state index in [4.69, 9.17) is 0 Å². The Bertz CT molecular complexity index is 900. The lowest BCUT2D eigenvalue weighted by atomic mass is 9.96. The Morgan fingerprint density at radius 3 is 2.62 bits per heavy atom. The number of H-pyrrole nitrogens is 1. The van der Waals surface area contributed by atoms with E-state index in [2.05, 4.69) is 25.3 Å². The fourth-order valence-electron chi connectivity index (χ4n) is 3.34. The van der Waals surface area contributed by atoms with Gasteiger partial charge in [0.15, 0.2) is 5.65 Å². The monoisotopic (exact) mass is 321 g/mol. The zero-order valence-corrected chi connectivity index (χ0v) is 13.3. The second-order valence-corrected chi connectivity index (χ2v) is 6.19. The number of rotatable bonds is 3. The van der Waals surface area contributed by atoms with E-state index in [-0.39, 0.29) is 5.56 Å². The summed E-state index contributed by atoms with van der Waals surface area (Å²) in [6, 6.07) is 5.97. The molecule has 1 saturated carbocycles. The molecule has 24 heavy (non-hydrogen) atoms. The SMILES string of the molecule is O=c1[nH]c(NC2CCCCC2)nc2nccc(-c3ccncc3)c12. The van der Waals surface area contributed by atoms with Crippen molar-refractivity contribution in [2.45, 2.75) is 38.1 Å². The average Bonchev–Trinajstić information content (AvgIpc) is 2.63. The molecule has 6 nitrogen and oxygen atoms in total. The molecule has 0 bridgehead atoms. The Morgan fingerprint density at radius 2 is 1.83 bits per heavy atom. The topological polar surface area (TPSA) is 83.6 Å². The van der Waals surface area contributed by atoms with Crippen LogP contribution in [-0.2, 0) is 0 Å². The first-order valence-corrected chi connectivity index (χ1v) is 8.37. The van der Waals surface area contributed by atoms with Crippen LogP contribution in [0.5, 0.6) is 0 Å². The smallest absolute Gasteiger partial charge is 0.262 e. The molecule has 2 N–H and O–H groups in total. The van der Waals surface area contributed by atoms with Gasteiger partial charge in [0.2, 0.25) is 5.95 Å². The van der Waals surface area contributed by atoms with Gasteiger partial charge >= 0.3 is 0 Å². The van der Waals surface area contributed by atoms with Gasteiger partial charge in [0, 0.05) is 24.6 Å². The highest BCUT2D eigenvalue weighted by molar-refractivity contribution is 5.91. The average molecular weight is 321 g/mol. The number of pyridine rings is 2. The first-order valence-electron chi connectivity index (χ1n) is 8.37. The van der Waals surface area contributed by atoms with Crippen LogP contribution in [-0.4, -0.2) is 26.0 Å². The van der Waals surface area contributed by atoms with Crippen LogP contribution in [0.3, 0.4) is 0 Å². The van der Waals surface area contributed by atoms with Crippen LogP contribution in [0.15, 0.2) is 41.6 Å². The van der Waals surface area contributed by atoms with E-state index in [1.54, 1.807) is 18.6 Å². The molecule has 0 amide bonds. The molecular formula is C18H19N5O. The van der Waals surface area contributed by atoms with Crippen LogP contribution in [0.4, 0.5) is 5.95 Å². The second-order valence-electron chi connectivity index (χ2n) is 6.19. The molecule has 0 aliphatic heterocycles. The summed E-state index contributed by atoms with van der Waals surface area (Å²) in [6.07, 6.45) is 11.1. The van der Waals surface area contributed by atoms with Gasteiger partial charge in [-0.15, -0.1) is 0 Å². The zero-order chi connectivity index (χ0) is 16.4. The number of nitrogens with zero attached hydrogens (tertiary/aromatic N) is 3. The predicted octanol–water partition coefficient (Wildman–Crippen LogP) is 3.12.